The molecule has 26 heavy (non-hydrogen) atoms. The zero-order chi connectivity index (χ0) is 18.4. The van der Waals surface area contributed by atoms with Crippen LogP contribution < -0.4 is 15.8 Å². The van der Waals surface area contributed by atoms with E-state index in [1.165, 1.54) is 22.7 Å². The lowest BCUT2D eigenvalue weighted by molar-refractivity contribution is 0.100. The van der Waals surface area contributed by atoms with E-state index in [1.54, 1.807) is 13.2 Å². The number of methoxy groups -OCH3 is 1. The van der Waals surface area contributed by atoms with E-state index in [-0.39, 0.29) is 5.91 Å². The first kappa shape index (κ1) is 17.3. The number of anilines is 1. The second kappa shape index (κ2) is 6.57. The molecule has 1 aromatic carbocycles. The lowest BCUT2D eigenvalue weighted by atomic mass is 10.1. The lowest BCUT2D eigenvalue weighted by Gasteiger charge is -2.05. The number of aryl methyl sites for hydroxylation is 1. The van der Waals surface area contributed by atoms with Crippen molar-refractivity contribution in [2.75, 3.05) is 12.4 Å². The molecule has 134 valence electrons. The molecule has 2 heterocycles. The third-order valence-electron chi connectivity index (χ3n) is 4.44. The van der Waals surface area contributed by atoms with Gasteiger partial charge >= 0.3 is 0 Å². The van der Waals surface area contributed by atoms with Crippen LogP contribution in [-0.2, 0) is 12.8 Å². The molecular weight excluding hydrogens is 392 g/mol. The molecule has 0 radical (unpaired) electrons. The van der Waals surface area contributed by atoms with Gasteiger partial charge in [-0.2, -0.15) is 0 Å². The minimum atomic E-state index is -0.508. The Kier molecular flexibility index (Phi) is 4.38. The van der Waals surface area contributed by atoms with Crippen LogP contribution in [0.5, 0.6) is 5.75 Å². The number of thiophene rings is 2. The van der Waals surface area contributed by atoms with Crippen LogP contribution in [0.1, 0.15) is 36.9 Å². The second-order valence-electron chi connectivity index (χ2n) is 5.99. The third-order valence-corrected chi connectivity index (χ3v) is 7.32. The molecule has 5 nitrogen and oxygen atoms in total. The quantitative estimate of drug-likeness (QED) is 0.670. The summed E-state index contributed by atoms with van der Waals surface area (Å²) < 4.78 is 6.11. The van der Waals surface area contributed by atoms with Crippen LogP contribution in [0.4, 0.5) is 5.00 Å². The molecule has 0 spiro atoms. The third kappa shape index (κ3) is 2.76. The van der Waals surface area contributed by atoms with Gasteiger partial charge in [-0.25, -0.2) is 0 Å². The van der Waals surface area contributed by atoms with Crippen LogP contribution >= 0.6 is 34.3 Å². The summed E-state index contributed by atoms with van der Waals surface area (Å²) in [5, 5.41) is 4.50. The summed E-state index contributed by atoms with van der Waals surface area (Å²) in [6.45, 7) is 0. The van der Waals surface area contributed by atoms with Crippen molar-refractivity contribution in [3.05, 3.63) is 44.1 Å². The minimum absolute atomic E-state index is 0.336. The van der Waals surface area contributed by atoms with Crippen molar-refractivity contribution in [3.63, 3.8) is 0 Å². The number of halogens is 1. The van der Waals surface area contributed by atoms with Crippen LogP contribution in [0, 0.1) is 0 Å². The number of fused-ring (bicyclic) bond motifs is 2. The number of primary amides is 1. The van der Waals surface area contributed by atoms with E-state index < -0.39 is 5.91 Å². The van der Waals surface area contributed by atoms with E-state index in [2.05, 4.69) is 5.32 Å². The van der Waals surface area contributed by atoms with Gasteiger partial charge in [-0.05, 0) is 43.0 Å². The Morgan fingerprint density at radius 1 is 1.27 bits per heavy atom. The first-order chi connectivity index (χ1) is 12.5. The van der Waals surface area contributed by atoms with E-state index in [0.717, 1.165) is 39.8 Å². The zero-order valence-electron chi connectivity index (χ0n) is 13.8. The van der Waals surface area contributed by atoms with Crippen LogP contribution in [-0.4, -0.2) is 18.9 Å². The maximum absolute atomic E-state index is 12.8. The first-order valence-electron chi connectivity index (χ1n) is 8.01. The smallest absolute Gasteiger partial charge is 0.267 e. The fourth-order valence-electron chi connectivity index (χ4n) is 3.23. The standard InChI is InChI=1S/C18H15ClN2O3S2/c1-24-8-5-6-12-10(7-8)14(19)15(25-12)17(23)21-18-13(16(20)22)9-3-2-4-11(9)26-18/h5-7H,2-4H2,1H3,(H2,20,22)(H,21,23). The van der Waals surface area contributed by atoms with Gasteiger partial charge in [-0.3, -0.25) is 9.59 Å². The highest BCUT2D eigenvalue weighted by Crippen LogP contribution is 2.41. The molecule has 0 saturated heterocycles. The van der Waals surface area contributed by atoms with Crippen LogP contribution in [0.15, 0.2) is 18.2 Å². The summed E-state index contributed by atoms with van der Waals surface area (Å²) in [6, 6.07) is 5.50. The maximum Gasteiger partial charge on any atom is 0.267 e. The first-order valence-corrected chi connectivity index (χ1v) is 10.0. The highest BCUT2D eigenvalue weighted by molar-refractivity contribution is 7.22. The van der Waals surface area contributed by atoms with Gasteiger partial charge in [0.15, 0.2) is 0 Å². The van der Waals surface area contributed by atoms with E-state index in [9.17, 15) is 9.59 Å². The number of rotatable bonds is 4. The summed E-state index contributed by atoms with van der Waals surface area (Å²) >= 11 is 9.16. The summed E-state index contributed by atoms with van der Waals surface area (Å²) in [4.78, 5) is 26.2. The van der Waals surface area contributed by atoms with Gasteiger partial charge in [0.05, 0.1) is 17.7 Å². The number of carbonyl (C=O) groups excluding carboxylic acids is 2. The van der Waals surface area contributed by atoms with Gasteiger partial charge in [-0.15, -0.1) is 22.7 Å². The van der Waals surface area contributed by atoms with Gasteiger partial charge in [0.1, 0.15) is 15.6 Å². The topological polar surface area (TPSA) is 81.4 Å². The van der Waals surface area contributed by atoms with Crippen molar-refractivity contribution in [2.24, 2.45) is 5.73 Å². The molecule has 0 unspecified atom stereocenters. The van der Waals surface area contributed by atoms with Crippen LogP contribution in [0.3, 0.4) is 0 Å². The number of nitrogens with two attached hydrogens (primary N) is 1. The van der Waals surface area contributed by atoms with Gasteiger partial charge in [0.2, 0.25) is 0 Å². The number of nitrogens with one attached hydrogen (secondary N) is 1. The molecule has 3 N–H and O–H groups in total. The Labute approximate surface area is 162 Å². The van der Waals surface area contributed by atoms with E-state index >= 15 is 0 Å². The number of hydrogen-bond acceptors (Lipinski definition) is 5. The minimum Gasteiger partial charge on any atom is -0.497 e. The molecule has 8 heteroatoms. The Hall–Kier alpha value is -2.09. The summed E-state index contributed by atoms with van der Waals surface area (Å²) in [7, 11) is 1.58. The molecule has 0 aliphatic heterocycles. The van der Waals surface area contributed by atoms with Crippen molar-refractivity contribution in [3.8, 4) is 5.75 Å². The molecular formula is C18H15ClN2O3S2. The van der Waals surface area contributed by atoms with Crippen LogP contribution in [0.25, 0.3) is 10.1 Å². The van der Waals surface area contributed by atoms with Crippen molar-refractivity contribution >= 4 is 61.2 Å². The molecule has 0 atom stereocenters. The van der Waals surface area contributed by atoms with Crippen molar-refractivity contribution in [2.45, 2.75) is 19.3 Å². The number of hydrogen-bond donors (Lipinski definition) is 2. The predicted octanol–water partition coefficient (Wildman–Crippen LogP) is 4.46. The summed E-state index contributed by atoms with van der Waals surface area (Å²) in [5.74, 6) is -0.167. The fraction of sp³-hybridized carbons (Fsp3) is 0.222. The molecule has 0 bridgehead atoms. The Bertz CT molecular complexity index is 1050. The van der Waals surface area contributed by atoms with Gasteiger partial charge in [0, 0.05) is 15.0 Å². The average Bonchev–Trinajstić information content (AvgIpc) is 3.27. The highest BCUT2D eigenvalue weighted by atomic mass is 35.5. The largest absolute Gasteiger partial charge is 0.497 e. The number of amides is 2. The molecule has 1 aliphatic carbocycles. The second-order valence-corrected chi connectivity index (χ2v) is 8.52. The van der Waals surface area contributed by atoms with Crippen molar-refractivity contribution in [1.82, 2.24) is 0 Å². The normalized spacial score (nSPS) is 13.0. The fourth-order valence-corrected chi connectivity index (χ4v) is 5.91. The molecule has 4 rings (SSSR count). The molecule has 0 fully saturated rings. The Morgan fingerprint density at radius 2 is 2.08 bits per heavy atom. The molecule has 2 aromatic heterocycles. The van der Waals surface area contributed by atoms with Gasteiger partial charge < -0.3 is 15.8 Å². The summed E-state index contributed by atoms with van der Waals surface area (Å²) in [6.07, 6.45) is 2.75. The van der Waals surface area contributed by atoms with Gasteiger partial charge in [-0.1, -0.05) is 11.6 Å². The predicted molar refractivity (Wildman–Crippen MR) is 106 cm³/mol. The number of benzene rings is 1. The van der Waals surface area contributed by atoms with Gasteiger partial charge in [0.25, 0.3) is 11.8 Å². The maximum atomic E-state index is 12.8. The monoisotopic (exact) mass is 406 g/mol. The molecule has 0 saturated carbocycles. The van der Waals surface area contributed by atoms with Crippen molar-refractivity contribution in [1.29, 1.82) is 0 Å². The van der Waals surface area contributed by atoms with Crippen LogP contribution in [0.2, 0.25) is 5.02 Å². The van der Waals surface area contributed by atoms with E-state index in [4.69, 9.17) is 22.1 Å². The van der Waals surface area contributed by atoms with Crippen molar-refractivity contribution < 1.29 is 14.3 Å². The molecule has 1 aliphatic rings. The molecule has 2 amide bonds. The van der Waals surface area contributed by atoms with E-state index in [0.29, 0.717) is 26.2 Å². The zero-order valence-corrected chi connectivity index (χ0v) is 16.2. The SMILES string of the molecule is COc1ccc2sc(C(=O)Nc3sc4c(c3C(N)=O)CCC4)c(Cl)c2c1. The Morgan fingerprint density at radius 3 is 2.81 bits per heavy atom. The lowest BCUT2D eigenvalue weighted by Crippen LogP contribution is -2.17. The number of ether oxygens (including phenoxy) is 1. The van der Waals surface area contributed by atoms with E-state index in [1.807, 2.05) is 12.1 Å². The highest BCUT2D eigenvalue weighted by Gasteiger charge is 2.27. The Balaban J connectivity index is 1.70. The number of carbonyl (C=O) groups is 2. The summed E-state index contributed by atoms with van der Waals surface area (Å²) in [5.41, 5.74) is 6.97. The average molecular weight is 407 g/mol. The molecule has 3 aromatic rings.